The fraction of sp³-hybridized carbons (Fsp3) is 0.136. The van der Waals surface area contributed by atoms with Crippen LogP contribution in [0.2, 0.25) is 0 Å². The molecule has 29 heavy (non-hydrogen) atoms. The van der Waals surface area contributed by atoms with E-state index < -0.39 is 0 Å². The van der Waals surface area contributed by atoms with Crippen molar-refractivity contribution in [3.8, 4) is 17.0 Å². The first-order valence-corrected chi connectivity index (χ1v) is 10.3. The van der Waals surface area contributed by atoms with Gasteiger partial charge >= 0.3 is 0 Å². The van der Waals surface area contributed by atoms with Gasteiger partial charge in [-0.25, -0.2) is 9.50 Å². The molecule has 0 radical (unpaired) electrons. The van der Waals surface area contributed by atoms with Gasteiger partial charge in [-0.2, -0.15) is 5.10 Å². The van der Waals surface area contributed by atoms with Crippen molar-refractivity contribution in [1.82, 2.24) is 14.6 Å². The molecule has 1 amide bonds. The van der Waals surface area contributed by atoms with Gasteiger partial charge in [-0.1, -0.05) is 42.1 Å². The van der Waals surface area contributed by atoms with Crippen LogP contribution in [-0.2, 0) is 4.79 Å². The van der Waals surface area contributed by atoms with Gasteiger partial charge in [0.25, 0.3) is 0 Å². The standard InChI is InChI=1S/C22H20N4O2S/c1-2-28-18-10-8-17(9-11-18)24-21(27)15-29-22-20-14-19(16-6-4-3-5-7-16)25-26(20)13-12-23-22/h3-14H,2,15H2,1H3,(H,24,27). The molecule has 0 fully saturated rings. The molecule has 0 spiro atoms. The van der Waals surface area contributed by atoms with Crippen LogP contribution >= 0.6 is 11.8 Å². The molecule has 0 atom stereocenters. The zero-order valence-electron chi connectivity index (χ0n) is 15.9. The highest BCUT2D eigenvalue weighted by molar-refractivity contribution is 8.00. The van der Waals surface area contributed by atoms with Crippen molar-refractivity contribution < 1.29 is 9.53 Å². The number of thioether (sulfide) groups is 1. The van der Waals surface area contributed by atoms with Crippen molar-refractivity contribution in [3.63, 3.8) is 0 Å². The lowest BCUT2D eigenvalue weighted by Crippen LogP contribution is -2.14. The maximum atomic E-state index is 12.3. The number of hydrogen-bond acceptors (Lipinski definition) is 5. The molecule has 7 heteroatoms. The van der Waals surface area contributed by atoms with E-state index in [0.717, 1.165) is 33.2 Å². The molecule has 0 saturated carbocycles. The van der Waals surface area contributed by atoms with Crippen LogP contribution in [0.4, 0.5) is 5.69 Å². The van der Waals surface area contributed by atoms with Crippen LogP contribution in [0.1, 0.15) is 6.92 Å². The van der Waals surface area contributed by atoms with Crippen LogP contribution in [0, 0.1) is 0 Å². The zero-order valence-corrected chi connectivity index (χ0v) is 16.7. The first-order valence-electron chi connectivity index (χ1n) is 9.28. The third-order valence-corrected chi connectivity index (χ3v) is 5.21. The van der Waals surface area contributed by atoms with Crippen molar-refractivity contribution in [2.45, 2.75) is 11.9 Å². The molecule has 2 aromatic carbocycles. The van der Waals surface area contributed by atoms with E-state index in [1.807, 2.05) is 73.8 Å². The van der Waals surface area contributed by atoms with Crippen LogP contribution in [-0.4, -0.2) is 32.9 Å². The first kappa shape index (κ1) is 19.0. The predicted octanol–water partition coefficient (Wildman–Crippen LogP) is 4.53. The van der Waals surface area contributed by atoms with E-state index in [4.69, 9.17) is 4.74 Å². The fourth-order valence-corrected chi connectivity index (χ4v) is 3.67. The number of nitrogens with one attached hydrogen (secondary N) is 1. The minimum atomic E-state index is -0.0919. The van der Waals surface area contributed by atoms with Crippen molar-refractivity contribution in [2.24, 2.45) is 0 Å². The van der Waals surface area contributed by atoms with Crippen molar-refractivity contribution in [1.29, 1.82) is 0 Å². The number of aromatic nitrogens is 3. The van der Waals surface area contributed by atoms with Gasteiger partial charge in [0.05, 0.1) is 23.6 Å². The number of ether oxygens (including phenoxy) is 1. The second-order valence-electron chi connectivity index (χ2n) is 6.25. The Morgan fingerprint density at radius 3 is 2.69 bits per heavy atom. The molecule has 146 valence electrons. The summed E-state index contributed by atoms with van der Waals surface area (Å²) in [6.45, 7) is 2.55. The van der Waals surface area contributed by atoms with Gasteiger partial charge in [-0.05, 0) is 37.3 Å². The van der Waals surface area contributed by atoms with Crippen LogP contribution in [0.15, 0.2) is 78.1 Å². The molecule has 0 aliphatic carbocycles. The molecular formula is C22H20N4O2S. The lowest BCUT2D eigenvalue weighted by atomic mass is 10.1. The van der Waals surface area contributed by atoms with Crippen molar-refractivity contribution >= 4 is 28.9 Å². The quantitative estimate of drug-likeness (QED) is 0.459. The van der Waals surface area contributed by atoms with Crippen LogP contribution in [0.3, 0.4) is 0 Å². The number of carbonyl (C=O) groups is 1. The smallest absolute Gasteiger partial charge is 0.234 e. The van der Waals surface area contributed by atoms with Crippen LogP contribution < -0.4 is 10.1 Å². The van der Waals surface area contributed by atoms with Gasteiger partial charge < -0.3 is 10.1 Å². The molecule has 6 nitrogen and oxygen atoms in total. The summed E-state index contributed by atoms with van der Waals surface area (Å²) in [6, 6.07) is 19.3. The molecule has 0 aliphatic rings. The summed E-state index contributed by atoms with van der Waals surface area (Å²) in [5.74, 6) is 0.947. The Balaban J connectivity index is 1.44. The monoisotopic (exact) mass is 404 g/mol. The first-order chi connectivity index (χ1) is 14.2. The normalized spacial score (nSPS) is 10.8. The topological polar surface area (TPSA) is 68.5 Å². The minimum absolute atomic E-state index is 0.0919. The SMILES string of the molecule is CCOc1ccc(NC(=O)CSc2nccn3nc(-c4ccccc4)cc23)cc1. The summed E-state index contributed by atoms with van der Waals surface area (Å²) >= 11 is 1.39. The Kier molecular flexibility index (Phi) is 5.76. The number of fused-ring (bicyclic) bond motifs is 1. The van der Waals surface area contributed by atoms with E-state index in [1.165, 1.54) is 11.8 Å². The number of hydrogen-bond donors (Lipinski definition) is 1. The zero-order chi connectivity index (χ0) is 20.1. The number of nitrogens with zero attached hydrogens (tertiary/aromatic N) is 3. The largest absolute Gasteiger partial charge is 0.494 e. The van der Waals surface area contributed by atoms with Gasteiger partial charge in [0.1, 0.15) is 10.8 Å². The molecule has 0 aliphatic heterocycles. The van der Waals surface area contributed by atoms with Gasteiger partial charge in [0.2, 0.25) is 5.91 Å². The molecule has 2 heterocycles. The Bertz CT molecular complexity index is 1110. The molecule has 0 saturated heterocycles. The third kappa shape index (κ3) is 4.57. The summed E-state index contributed by atoms with van der Waals surface area (Å²) in [7, 11) is 0. The van der Waals surface area contributed by atoms with Crippen LogP contribution in [0.5, 0.6) is 5.75 Å². The number of amides is 1. The highest BCUT2D eigenvalue weighted by Crippen LogP contribution is 2.26. The second-order valence-corrected chi connectivity index (χ2v) is 7.22. The summed E-state index contributed by atoms with van der Waals surface area (Å²) < 4.78 is 7.21. The fourth-order valence-electron chi connectivity index (χ4n) is 2.89. The predicted molar refractivity (Wildman–Crippen MR) is 115 cm³/mol. The number of benzene rings is 2. The molecule has 0 unspecified atom stereocenters. The maximum Gasteiger partial charge on any atom is 0.234 e. The van der Waals surface area contributed by atoms with Gasteiger partial charge in [0.15, 0.2) is 0 Å². The Hall–Kier alpha value is -3.32. The average molecular weight is 404 g/mol. The lowest BCUT2D eigenvalue weighted by Gasteiger charge is -2.07. The summed E-state index contributed by atoms with van der Waals surface area (Å²) in [6.07, 6.45) is 3.51. The molecule has 2 aromatic heterocycles. The summed E-state index contributed by atoms with van der Waals surface area (Å²) in [5, 5.41) is 8.28. The summed E-state index contributed by atoms with van der Waals surface area (Å²) in [4.78, 5) is 16.8. The Labute approximate surface area is 172 Å². The number of rotatable bonds is 7. The van der Waals surface area contributed by atoms with Crippen molar-refractivity contribution in [2.75, 3.05) is 17.7 Å². The number of carbonyl (C=O) groups excluding carboxylic acids is 1. The average Bonchev–Trinajstić information content (AvgIpc) is 3.19. The van der Waals surface area contributed by atoms with E-state index in [2.05, 4.69) is 15.4 Å². The van der Waals surface area contributed by atoms with E-state index in [9.17, 15) is 4.79 Å². The maximum absolute atomic E-state index is 12.3. The van der Waals surface area contributed by atoms with Gasteiger partial charge in [-0.15, -0.1) is 0 Å². The molecular weight excluding hydrogens is 384 g/mol. The molecule has 4 aromatic rings. The number of anilines is 1. The lowest BCUT2D eigenvalue weighted by molar-refractivity contribution is -0.113. The molecule has 1 N–H and O–H groups in total. The second kappa shape index (κ2) is 8.79. The Morgan fingerprint density at radius 1 is 1.14 bits per heavy atom. The Morgan fingerprint density at radius 2 is 1.93 bits per heavy atom. The van der Waals surface area contributed by atoms with E-state index in [1.54, 1.807) is 10.7 Å². The van der Waals surface area contributed by atoms with Gasteiger partial charge in [-0.3, -0.25) is 4.79 Å². The van der Waals surface area contributed by atoms with E-state index in [-0.39, 0.29) is 11.7 Å². The van der Waals surface area contributed by atoms with E-state index >= 15 is 0 Å². The molecule has 4 rings (SSSR count). The third-order valence-electron chi connectivity index (χ3n) is 4.21. The molecule has 0 bridgehead atoms. The van der Waals surface area contributed by atoms with E-state index in [0.29, 0.717) is 6.61 Å². The van der Waals surface area contributed by atoms with Crippen LogP contribution in [0.25, 0.3) is 16.8 Å². The van der Waals surface area contributed by atoms with Gasteiger partial charge in [0, 0.05) is 23.6 Å². The highest BCUT2D eigenvalue weighted by Gasteiger charge is 2.11. The van der Waals surface area contributed by atoms with Crippen molar-refractivity contribution in [3.05, 3.63) is 73.1 Å². The summed E-state index contributed by atoms with van der Waals surface area (Å²) in [5.41, 5.74) is 3.53. The minimum Gasteiger partial charge on any atom is -0.494 e. The highest BCUT2D eigenvalue weighted by atomic mass is 32.2.